The maximum Gasteiger partial charge on any atom is 0.146 e. The first-order valence-corrected chi connectivity index (χ1v) is 6.36. The highest BCUT2D eigenvalue weighted by Gasteiger charge is 2.28. The van der Waals surface area contributed by atoms with E-state index in [4.69, 9.17) is 9.47 Å². The summed E-state index contributed by atoms with van der Waals surface area (Å²) in [5.74, 6) is 0. The predicted octanol–water partition coefficient (Wildman–Crippen LogP) is 2.66. The normalized spacial score (nSPS) is 20.4. The Kier molecular flexibility index (Phi) is 5.73. The molecule has 4 nitrogen and oxygen atoms in total. The van der Waals surface area contributed by atoms with Crippen LogP contribution < -0.4 is 0 Å². The van der Waals surface area contributed by atoms with Gasteiger partial charge >= 0.3 is 0 Å². The van der Waals surface area contributed by atoms with Gasteiger partial charge in [-0.05, 0) is 25.8 Å². The van der Waals surface area contributed by atoms with Crippen molar-refractivity contribution in [3.8, 4) is 6.07 Å². The summed E-state index contributed by atoms with van der Waals surface area (Å²) in [6.45, 7) is 6.73. The van der Waals surface area contributed by atoms with Crippen LogP contribution >= 0.6 is 12.8 Å². The van der Waals surface area contributed by atoms with Gasteiger partial charge in [0.25, 0.3) is 0 Å². The second-order valence-corrected chi connectivity index (χ2v) is 4.63. The molecule has 0 aromatic heterocycles. The number of hydrogen-bond donors (Lipinski definition) is 1. The second-order valence-electron chi connectivity index (χ2n) is 4.20. The van der Waals surface area contributed by atoms with Gasteiger partial charge in [-0.2, -0.15) is 5.26 Å². The van der Waals surface area contributed by atoms with Gasteiger partial charge in [0.05, 0.1) is 24.3 Å². The number of ether oxygens (including phenoxy) is 2. The molecule has 1 unspecified atom stereocenters. The van der Waals surface area contributed by atoms with Crippen LogP contribution in [-0.4, -0.2) is 30.9 Å². The lowest BCUT2D eigenvalue weighted by Gasteiger charge is -2.34. The Balaban J connectivity index is 3.09. The Morgan fingerprint density at radius 1 is 1.44 bits per heavy atom. The Morgan fingerprint density at radius 2 is 2.11 bits per heavy atom. The van der Waals surface area contributed by atoms with Crippen LogP contribution in [0.2, 0.25) is 0 Å². The van der Waals surface area contributed by atoms with Gasteiger partial charge in [-0.3, -0.25) is 0 Å². The van der Waals surface area contributed by atoms with Gasteiger partial charge in [-0.25, -0.2) is 0 Å². The van der Waals surface area contributed by atoms with Crippen LogP contribution in [0.5, 0.6) is 0 Å². The van der Waals surface area contributed by atoms with Crippen LogP contribution in [0.15, 0.2) is 22.4 Å². The molecule has 0 spiro atoms. The van der Waals surface area contributed by atoms with E-state index >= 15 is 0 Å². The third-order valence-corrected chi connectivity index (χ3v) is 3.82. The number of nitrogens with zero attached hydrogens (tertiary/aromatic N) is 2. The van der Waals surface area contributed by atoms with E-state index in [0.717, 1.165) is 28.8 Å². The van der Waals surface area contributed by atoms with Gasteiger partial charge < -0.3 is 13.8 Å². The van der Waals surface area contributed by atoms with Crippen molar-refractivity contribution in [2.24, 2.45) is 0 Å². The number of thiol groups is 1. The maximum atomic E-state index is 9.30. The van der Waals surface area contributed by atoms with E-state index in [0.29, 0.717) is 6.61 Å². The minimum Gasteiger partial charge on any atom is -0.359 e. The zero-order valence-corrected chi connectivity index (χ0v) is 12.3. The highest BCUT2D eigenvalue weighted by atomic mass is 32.1. The molecule has 100 valence electrons. The van der Waals surface area contributed by atoms with E-state index in [2.05, 4.69) is 25.8 Å². The molecule has 0 amide bonds. The Morgan fingerprint density at radius 3 is 2.61 bits per heavy atom. The maximum absolute atomic E-state index is 9.30. The summed E-state index contributed by atoms with van der Waals surface area (Å²) in [6, 6.07) is 2.29. The number of nitriles is 1. The van der Waals surface area contributed by atoms with E-state index in [9.17, 15) is 5.26 Å². The molecule has 0 saturated carbocycles. The predicted molar refractivity (Wildman–Crippen MR) is 73.7 cm³/mol. The molecule has 0 saturated heterocycles. The largest absolute Gasteiger partial charge is 0.359 e. The van der Waals surface area contributed by atoms with Crippen molar-refractivity contribution in [2.45, 2.75) is 33.2 Å². The zero-order valence-electron chi connectivity index (χ0n) is 11.4. The fourth-order valence-electron chi connectivity index (χ4n) is 2.17. The SMILES string of the molecule is CCC1=C(C#N)C(C)N(S)C(C)=C1COCOC. The van der Waals surface area contributed by atoms with E-state index in [1.165, 1.54) is 0 Å². The molecule has 1 aliphatic rings. The molecule has 0 aliphatic carbocycles. The van der Waals surface area contributed by atoms with E-state index in [-0.39, 0.29) is 12.8 Å². The summed E-state index contributed by atoms with van der Waals surface area (Å²) in [5, 5.41) is 9.30. The number of hydrogen-bond acceptors (Lipinski definition) is 5. The van der Waals surface area contributed by atoms with Crippen LogP contribution in [0.25, 0.3) is 0 Å². The monoisotopic (exact) mass is 268 g/mol. The van der Waals surface area contributed by atoms with Crippen molar-refractivity contribution >= 4 is 12.8 Å². The lowest BCUT2D eigenvalue weighted by atomic mass is 9.90. The summed E-state index contributed by atoms with van der Waals surface area (Å²) in [4.78, 5) is 0. The molecule has 1 atom stereocenters. The molecule has 1 aliphatic heterocycles. The molecule has 0 fully saturated rings. The van der Waals surface area contributed by atoms with Gasteiger partial charge in [0, 0.05) is 18.4 Å². The first-order chi connectivity index (χ1) is 8.58. The molecule has 0 aromatic rings. The van der Waals surface area contributed by atoms with Gasteiger partial charge in [0.1, 0.15) is 6.79 Å². The molecule has 0 aromatic carbocycles. The molecule has 0 radical (unpaired) electrons. The van der Waals surface area contributed by atoms with Crippen LogP contribution in [0.4, 0.5) is 0 Å². The molecule has 5 heteroatoms. The number of allylic oxidation sites excluding steroid dienone is 1. The lowest BCUT2D eigenvalue weighted by Crippen LogP contribution is -2.31. The summed E-state index contributed by atoms with van der Waals surface area (Å²) < 4.78 is 12.1. The lowest BCUT2D eigenvalue weighted by molar-refractivity contribution is -0.0212. The first-order valence-electron chi connectivity index (χ1n) is 5.96. The van der Waals surface area contributed by atoms with Crippen molar-refractivity contribution in [1.29, 1.82) is 5.26 Å². The van der Waals surface area contributed by atoms with Crippen LogP contribution in [-0.2, 0) is 9.47 Å². The smallest absolute Gasteiger partial charge is 0.146 e. The summed E-state index contributed by atoms with van der Waals surface area (Å²) in [6.07, 6.45) is 0.817. The molecule has 0 N–H and O–H groups in total. The summed E-state index contributed by atoms with van der Waals surface area (Å²) in [7, 11) is 1.59. The van der Waals surface area contributed by atoms with E-state index in [1.807, 2.05) is 18.2 Å². The first kappa shape index (κ1) is 15.1. The van der Waals surface area contributed by atoms with E-state index < -0.39 is 0 Å². The Bertz CT molecular complexity index is 410. The Hall–Kier alpha value is -0.960. The third-order valence-electron chi connectivity index (χ3n) is 3.18. The van der Waals surface area contributed by atoms with Gasteiger partial charge in [-0.1, -0.05) is 19.7 Å². The number of rotatable bonds is 5. The van der Waals surface area contributed by atoms with Crippen LogP contribution in [0.1, 0.15) is 27.2 Å². The van der Waals surface area contributed by atoms with Crippen molar-refractivity contribution < 1.29 is 9.47 Å². The minimum absolute atomic E-state index is 0.000501. The number of methoxy groups -OCH3 is 1. The standard InChI is InChI=1S/C13H20N2O2S/c1-5-11-12(6-14)9(2)15(18)10(3)13(11)7-17-8-16-4/h9,18H,5,7-8H2,1-4H3. The third kappa shape index (κ3) is 2.89. The quantitative estimate of drug-likeness (QED) is 0.473. The van der Waals surface area contributed by atoms with Crippen molar-refractivity contribution in [2.75, 3.05) is 20.5 Å². The molecular weight excluding hydrogens is 248 g/mol. The average Bonchev–Trinajstić information content (AvgIpc) is 2.38. The highest BCUT2D eigenvalue weighted by Crippen LogP contribution is 2.34. The molecular formula is C13H20N2O2S. The van der Waals surface area contributed by atoms with Crippen molar-refractivity contribution in [3.05, 3.63) is 22.4 Å². The molecule has 18 heavy (non-hydrogen) atoms. The van der Waals surface area contributed by atoms with Gasteiger partial charge in [-0.15, -0.1) is 0 Å². The van der Waals surface area contributed by atoms with Gasteiger partial charge in [0.2, 0.25) is 0 Å². The van der Waals surface area contributed by atoms with Crippen molar-refractivity contribution in [3.63, 3.8) is 0 Å². The molecule has 1 heterocycles. The van der Waals surface area contributed by atoms with Crippen LogP contribution in [0, 0.1) is 11.3 Å². The molecule has 1 rings (SSSR count). The van der Waals surface area contributed by atoms with Gasteiger partial charge in [0.15, 0.2) is 0 Å². The Labute approximate surface area is 114 Å². The fourth-order valence-corrected chi connectivity index (χ4v) is 2.40. The van der Waals surface area contributed by atoms with E-state index in [1.54, 1.807) is 7.11 Å². The molecule has 0 bridgehead atoms. The van der Waals surface area contributed by atoms with Crippen molar-refractivity contribution in [1.82, 2.24) is 4.31 Å². The fraction of sp³-hybridized carbons (Fsp3) is 0.615. The summed E-state index contributed by atoms with van der Waals surface area (Å²) in [5.41, 5.74) is 3.93. The average molecular weight is 268 g/mol. The minimum atomic E-state index is -0.000501. The highest BCUT2D eigenvalue weighted by molar-refractivity contribution is 7.77. The van der Waals surface area contributed by atoms with Crippen LogP contribution in [0.3, 0.4) is 0 Å². The second kappa shape index (κ2) is 6.83. The zero-order chi connectivity index (χ0) is 13.7. The topological polar surface area (TPSA) is 45.5 Å². The summed E-state index contributed by atoms with van der Waals surface area (Å²) >= 11 is 4.45.